The fraction of sp³-hybridized carbons (Fsp3) is 0.381. The van der Waals surface area contributed by atoms with E-state index in [0.717, 1.165) is 32.7 Å². The summed E-state index contributed by atoms with van der Waals surface area (Å²) in [6.07, 6.45) is 1.48. The molecule has 152 valence electrons. The van der Waals surface area contributed by atoms with Crippen LogP contribution in [0, 0.1) is 12.7 Å². The van der Waals surface area contributed by atoms with Gasteiger partial charge >= 0.3 is 0 Å². The second-order valence-electron chi connectivity index (χ2n) is 7.44. The van der Waals surface area contributed by atoms with E-state index in [4.69, 9.17) is 0 Å². The van der Waals surface area contributed by atoms with Crippen LogP contribution in [0.25, 0.3) is 10.2 Å². The zero-order chi connectivity index (χ0) is 20.5. The molecule has 6 nitrogen and oxygen atoms in total. The van der Waals surface area contributed by atoms with Gasteiger partial charge in [0.1, 0.15) is 10.6 Å². The maximum atomic E-state index is 13.5. The number of quaternary nitrogens is 1. The molecule has 1 aromatic carbocycles. The molecule has 0 bridgehead atoms. The number of aryl methyl sites for hydroxylation is 1. The first-order valence-corrected chi connectivity index (χ1v) is 10.7. The highest BCUT2D eigenvalue weighted by Crippen LogP contribution is 2.28. The number of aromatic nitrogens is 2. The van der Waals surface area contributed by atoms with Crippen LogP contribution >= 0.6 is 11.3 Å². The Morgan fingerprint density at radius 1 is 1.31 bits per heavy atom. The normalized spacial score (nSPS) is 15.2. The lowest BCUT2D eigenvalue weighted by Crippen LogP contribution is -3.14. The molecule has 1 N–H and O–H groups in total. The van der Waals surface area contributed by atoms with E-state index in [1.54, 1.807) is 12.1 Å². The van der Waals surface area contributed by atoms with Gasteiger partial charge in [0, 0.05) is 0 Å². The van der Waals surface area contributed by atoms with Gasteiger partial charge in [0.05, 0.1) is 55.9 Å². The van der Waals surface area contributed by atoms with Crippen LogP contribution in [0.15, 0.2) is 35.4 Å². The highest BCUT2D eigenvalue weighted by atomic mass is 32.1. The van der Waals surface area contributed by atoms with Crippen LogP contribution in [0.1, 0.15) is 27.7 Å². The van der Waals surface area contributed by atoms with Crippen molar-refractivity contribution in [1.82, 2.24) is 14.5 Å². The average Bonchev–Trinajstić information content (AvgIpc) is 3.07. The van der Waals surface area contributed by atoms with Crippen molar-refractivity contribution >= 4 is 27.5 Å². The molecule has 0 atom stereocenters. The van der Waals surface area contributed by atoms with Gasteiger partial charge < -0.3 is 9.80 Å². The Bertz CT molecular complexity index is 1120. The number of likely N-dealkylation sites (N-methyl/N-ethyl adjacent to an activating group) is 1. The van der Waals surface area contributed by atoms with Crippen LogP contribution in [0.5, 0.6) is 0 Å². The summed E-state index contributed by atoms with van der Waals surface area (Å²) >= 11 is 1.28. The minimum absolute atomic E-state index is 0.0169. The summed E-state index contributed by atoms with van der Waals surface area (Å²) in [5.41, 5.74) is 1.17. The van der Waals surface area contributed by atoms with E-state index in [1.807, 2.05) is 11.8 Å². The van der Waals surface area contributed by atoms with Crippen LogP contribution in [0.3, 0.4) is 0 Å². The highest BCUT2D eigenvalue weighted by molar-refractivity contribution is 7.20. The van der Waals surface area contributed by atoms with Gasteiger partial charge in [-0.3, -0.25) is 14.2 Å². The average molecular weight is 416 g/mol. The summed E-state index contributed by atoms with van der Waals surface area (Å²) < 4.78 is 14.9. The number of nitrogens with zero attached hydrogens (tertiary/aromatic N) is 3. The largest absolute Gasteiger partial charge is 0.332 e. The molecule has 0 aliphatic carbocycles. The molecule has 3 aromatic rings. The lowest BCUT2D eigenvalue weighted by molar-refractivity contribution is -0.902. The van der Waals surface area contributed by atoms with Gasteiger partial charge in [-0.2, -0.15) is 0 Å². The van der Waals surface area contributed by atoms with Crippen molar-refractivity contribution < 1.29 is 14.1 Å². The number of benzene rings is 1. The Balaban J connectivity index is 1.64. The molecule has 1 fully saturated rings. The van der Waals surface area contributed by atoms with Crippen LogP contribution in [-0.2, 0) is 6.54 Å². The second-order valence-corrected chi connectivity index (χ2v) is 8.44. The van der Waals surface area contributed by atoms with Crippen LogP contribution in [0.4, 0.5) is 4.39 Å². The molecule has 1 aliphatic heterocycles. The van der Waals surface area contributed by atoms with Crippen molar-refractivity contribution in [3.63, 3.8) is 0 Å². The standard InChI is InChI=1S/C21H23FN4O2S/c1-3-24-7-9-25(10-8-24)21(28)18-14(2)17-19(29-18)23-13-26(20(17)27)12-15-5-4-6-16(22)11-15/h4-6,11,13H,3,7-10,12H2,1-2H3/p+1. The third-order valence-electron chi connectivity index (χ3n) is 5.61. The minimum atomic E-state index is -0.339. The third-order valence-corrected chi connectivity index (χ3v) is 6.80. The third kappa shape index (κ3) is 3.82. The summed E-state index contributed by atoms with van der Waals surface area (Å²) in [6.45, 7) is 8.63. The number of hydrogen-bond donors (Lipinski definition) is 1. The smallest absolute Gasteiger partial charge is 0.264 e. The lowest BCUT2D eigenvalue weighted by atomic mass is 10.2. The Hall–Kier alpha value is -2.58. The zero-order valence-corrected chi connectivity index (χ0v) is 17.4. The molecular weight excluding hydrogens is 391 g/mol. The number of piperazine rings is 1. The van der Waals surface area contributed by atoms with Crippen molar-refractivity contribution in [2.45, 2.75) is 20.4 Å². The van der Waals surface area contributed by atoms with E-state index in [9.17, 15) is 14.0 Å². The molecule has 0 radical (unpaired) electrons. The topological polar surface area (TPSA) is 59.6 Å². The van der Waals surface area contributed by atoms with Crippen molar-refractivity contribution in [1.29, 1.82) is 0 Å². The summed E-state index contributed by atoms with van der Waals surface area (Å²) in [7, 11) is 0. The summed E-state index contributed by atoms with van der Waals surface area (Å²) in [6, 6.07) is 6.17. The number of amides is 1. The quantitative estimate of drug-likeness (QED) is 0.699. The van der Waals surface area contributed by atoms with Gasteiger partial charge in [-0.1, -0.05) is 12.1 Å². The first-order valence-electron chi connectivity index (χ1n) is 9.83. The molecule has 8 heteroatoms. The Morgan fingerprint density at radius 3 is 2.76 bits per heavy atom. The highest BCUT2D eigenvalue weighted by Gasteiger charge is 2.27. The second kappa shape index (κ2) is 8.04. The van der Waals surface area contributed by atoms with E-state index in [0.29, 0.717) is 26.2 Å². The molecule has 4 rings (SSSR count). The molecule has 1 aliphatic rings. The maximum Gasteiger partial charge on any atom is 0.264 e. The fourth-order valence-electron chi connectivity index (χ4n) is 3.83. The van der Waals surface area contributed by atoms with Gasteiger partial charge in [0.15, 0.2) is 0 Å². The monoisotopic (exact) mass is 415 g/mol. The number of carbonyl (C=O) groups is 1. The van der Waals surface area contributed by atoms with Gasteiger partial charge in [-0.05, 0) is 37.1 Å². The number of carbonyl (C=O) groups excluding carboxylic acids is 1. The molecule has 1 saturated heterocycles. The molecule has 0 unspecified atom stereocenters. The van der Waals surface area contributed by atoms with Crippen LogP contribution in [-0.4, -0.2) is 53.1 Å². The number of nitrogens with one attached hydrogen (secondary N) is 1. The van der Waals surface area contributed by atoms with Crippen LogP contribution in [0.2, 0.25) is 0 Å². The van der Waals surface area contributed by atoms with Crippen molar-refractivity contribution in [2.24, 2.45) is 0 Å². The number of halogens is 1. The lowest BCUT2D eigenvalue weighted by Gasteiger charge is -2.31. The van der Waals surface area contributed by atoms with Gasteiger partial charge in [0.25, 0.3) is 11.5 Å². The minimum Gasteiger partial charge on any atom is -0.332 e. The SMILES string of the molecule is CC[NH+]1CCN(C(=O)c2sc3ncn(Cc4cccc(F)c4)c(=O)c3c2C)CC1. The van der Waals surface area contributed by atoms with E-state index in [2.05, 4.69) is 11.9 Å². The first-order chi connectivity index (χ1) is 14.0. The predicted octanol–water partition coefficient (Wildman–Crippen LogP) is 1.31. The van der Waals surface area contributed by atoms with E-state index in [-0.39, 0.29) is 23.8 Å². The van der Waals surface area contributed by atoms with Gasteiger partial charge in [-0.25, -0.2) is 9.37 Å². The molecule has 0 spiro atoms. The summed E-state index contributed by atoms with van der Waals surface area (Å²) in [5.74, 6) is -0.356. The maximum absolute atomic E-state index is 13.5. The number of hydrogen-bond acceptors (Lipinski definition) is 4. The fourth-order valence-corrected chi connectivity index (χ4v) is 4.94. The molecular formula is C21H24FN4O2S+. The molecule has 2 aromatic heterocycles. The molecule has 1 amide bonds. The summed E-state index contributed by atoms with van der Waals surface area (Å²) in [4.78, 5) is 35.1. The Labute approximate surface area is 172 Å². The number of thiophene rings is 1. The molecule has 0 saturated carbocycles. The summed E-state index contributed by atoms with van der Waals surface area (Å²) in [5, 5.41) is 0.482. The van der Waals surface area contributed by atoms with E-state index >= 15 is 0 Å². The first kappa shape index (κ1) is 19.7. The van der Waals surface area contributed by atoms with Crippen molar-refractivity contribution in [3.8, 4) is 0 Å². The van der Waals surface area contributed by atoms with E-state index in [1.165, 1.54) is 39.3 Å². The molecule has 29 heavy (non-hydrogen) atoms. The number of rotatable bonds is 4. The van der Waals surface area contributed by atoms with Gasteiger partial charge in [0.2, 0.25) is 0 Å². The Morgan fingerprint density at radius 2 is 2.07 bits per heavy atom. The predicted molar refractivity (Wildman–Crippen MR) is 111 cm³/mol. The van der Waals surface area contributed by atoms with E-state index < -0.39 is 0 Å². The molecule has 3 heterocycles. The number of fused-ring (bicyclic) bond motifs is 1. The Kier molecular flexibility index (Phi) is 5.47. The zero-order valence-electron chi connectivity index (χ0n) is 16.6. The van der Waals surface area contributed by atoms with Crippen molar-refractivity contribution in [3.05, 3.63) is 62.8 Å². The van der Waals surface area contributed by atoms with Gasteiger partial charge in [-0.15, -0.1) is 11.3 Å². The van der Waals surface area contributed by atoms with Crippen molar-refractivity contribution in [2.75, 3.05) is 32.7 Å². The van der Waals surface area contributed by atoms with Crippen LogP contribution < -0.4 is 10.5 Å².